The summed E-state index contributed by atoms with van der Waals surface area (Å²) in [6.07, 6.45) is 23.2. The van der Waals surface area contributed by atoms with Gasteiger partial charge in [-0.25, -0.2) is 8.42 Å². The van der Waals surface area contributed by atoms with Crippen LogP contribution in [0, 0.1) is 17.0 Å². The first-order chi connectivity index (χ1) is 20.0. The number of non-ortho nitro benzene ring substituents is 1. The van der Waals surface area contributed by atoms with Gasteiger partial charge in [0.25, 0.3) is 5.69 Å². The topological polar surface area (TPSA) is 100 Å². The highest BCUT2D eigenvalue weighted by molar-refractivity contribution is 7.85. The molecule has 0 bridgehead atoms. The molecular weight excluding hydrogens is 548 g/mol. The van der Waals surface area contributed by atoms with Crippen molar-refractivity contribution in [1.29, 1.82) is 0 Å². The Kier molecular flexibility index (Phi) is 19.2. The van der Waals surface area contributed by atoms with Crippen LogP contribution in [0.5, 0.6) is 0 Å². The Morgan fingerprint density at radius 3 is 1.57 bits per heavy atom. The summed E-state index contributed by atoms with van der Waals surface area (Å²) in [6, 6.07) is 13.9. The second-order valence-electron chi connectivity index (χ2n) is 12.3. The van der Waals surface area contributed by atoms with E-state index < -0.39 is 19.9 Å². The van der Waals surface area contributed by atoms with Gasteiger partial charge in [0.05, 0.1) is 30.5 Å². The zero-order valence-corrected chi connectivity index (χ0v) is 27.5. The molecule has 0 aliphatic rings. The van der Waals surface area contributed by atoms with E-state index in [1.807, 2.05) is 0 Å². The van der Waals surface area contributed by atoms with Crippen molar-refractivity contribution in [1.82, 2.24) is 0 Å². The molecule has 0 fully saturated rings. The number of nitro groups is 1. The molecule has 0 saturated carbocycles. The minimum Gasteiger partial charge on any atom is -0.744 e. The van der Waals surface area contributed by atoms with Gasteiger partial charge in [-0.05, 0) is 31.4 Å². The smallest absolute Gasteiger partial charge is 0.269 e. The molecule has 0 spiro atoms. The Hall–Kier alpha value is -2.29. The van der Waals surface area contributed by atoms with E-state index in [0.29, 0.717) is 0 Å². The largest absolute Gasteiger partial charge is 0.744 e. The highest BCUT2D eigenvalue weighted by Gasteiger charge is 2.15. The van der Waals surface area contributed by atoms with Crippen LogP contribution in [-0.2, 0) is 16.7 Å². The quantitative estimate of drug-likeness (QED) is 0.0464. The van der Waals surface area contributed by atoms with Crippen molar-refractivity contribution in [3.63, 3.8) is 0 Å². The fourth-order valence-electron chi connectivity index (χ4n) is 5.27. The standard InChI is InChI=1S/C27H50N.C7H7NO5S/c1-4-5-6-7-8-9-10-11-12-13-14-15-16-17-18-22-25-28(2,3)26-27-23-20-19-21-24-27;1-5-4-6(8(9)10)2-3-7(5)14(11,12)13/h19-21,23-24H,4-18,22,25-26H2,1-3H3;2-4H,1H3,(H,11,12,13)/q+1;/p-1. The molecule has 0 radical (unpaired) electrons. The second-order valence-corrected chi connectivity index (χ2v) is 13.6. The highest BCUT2D eigenvalue weighted by atomic mass is 32.2. The summed E-state index contributed by atoms with van der Waals surface area (Å²) in [4.78, 5) is 9.21. The molecule has 0 aliphatic carbocycles. The molecule has 2 aromatic carbocycles. The molecule has 0 saturated heterocycles. The van der Waals surface area contributed by atoms with Crippen LogP contribution in [0.15, 0.2) is 53.4 Å². The van der Waals surface area contributed by atoms with Gasteiger partial charge in [-0.1, -0.05) is 127 Å². The maximum Gasteiger partial charge on any atom is 0.269 e. The summed E-state index contributed by atoms with van der Waals surface area (Å²) in [6.45, 7) is 6.08. The zero-order chi connectivity index (χ0) is 31.3. The molecule has 0 N–H and O–H groups in total. The Morgan fingerprint density at radius 2 is 1.17 bits per heavy atom. The van der Waals surface area contributed by atoms with Crippen LogP contribution in [0.2, 0.25) is 0 Å². The van der Waals surface area contributed by atoms with Crippen LogP contribution in [0.3, 0.4) is 0 Å². The molecule has 0 aliphatic heterocycles. The van der Waals surface area contributed by atoms with Crippen molar-refractivity contribution in [2.24, 2.45) is 0 Å². The molecule has 0 amide bonds. The van der Waals surface area contributed by atoms with Gasteiger partial charge >= 0.3 is 0 Å². The van der Waals surface area contributed by atoms with E-state index >= 15 is 0 Å². The number of rotatable bonds is 21. The first-order valence-electron chi connectivity index (χ1n) is 16.0. The molecule has 8 heteroatoms. The number of benzene rings is 2. The van der Waals surface area contributed by atoms with Crippen LogP contribution >= 0.6 is 0 Å². The molecule has 2 aromatic rings. The molecule has 0 aromatic heterocycles. The third kappa shape index (κ3) is 18.3. The van der Waals surface area contributed by atoms with Gasteiger partial charge in [-0.2, -0.15) is 0 Å². The summed E-state index contributed by atoms with van der Waals surface area (Å²) < 4.78 is 32.9. The first-order valence-corrected chi connectivity index (χ1v) is 17.4. The van der Waals surface area contributed by atoms with E-state index in [4.69, 9.17) is 0 Å². The number of quaternary nitrogens is 1. The van der Waals surface area contributed by atoms with E-state index in [0.717, 1.165) is 29.2 Å². The zero-order valence-electron chi connectivity index (χ0n) is 26.7. The summed E-state index contributed by atoms with van der Waals surface area (Å²) in [5, 5.41) is 10.3. The molecular formula is C34H56N2O5S. The third-order valence-corrected chi connectivity index (χ3v) is 8.71. The molecule has 2 rings (SSSR count). The van der Waals surface area contributed by atoms with E-state index in [2.05, 4.69) is 51.4 Å². The lowest BCUT2D eigenvalue weighted by Crippen LogP contribution is -2.39. The minimum absolute atomic E-state index is 0.0780. The average molecular weight is 605 g/mol. The van der Waals surface area contributed by atoms with Crippen molar-refractivity contribution < 1.29 is 22.4 Å². The normalized spacial score (nSPS) is 11.6. The number of aryl methyl sites for hydroxylation is 1. The Bertz CT molecular complexity index is 1100. The maximum absolute atomic E-state index is 10.6. The van der Waals surface area contributed by atoms with Crippen molar-refractivity contribution >= 4 is 15.8 Å². The van der Waals surface area contributed by atoms with Gasteiger partial charge in [-0.15, -0.1) is 0 Å². The van der Waals surface area contributed by atoms with E-state index in [-0.39, 0.29) is 11.3 Å². The van der Waals surface area contributed by atoms with Crippen molar-refractivity contribution in [3.05, 3.63) is 69.8 Å². The minimum atomic E-state index is -4.55. The lowest BCUT2D eigenvalue weighted by atomic mass is 10.0. The average Bonchev–Trinajstić information content (AvgIpc) is 2.92. The van der Waals surface area contributed by atoms with E-state index in [9.17, 15) is 23.1 Å². The van der Waals surface area contributed by atoms with Crippen molar-refractivity contribution in [3.8, 4) is 0 Å². The van der Waals surface area contributed by atoms with Gasteiger partial charge in [-0.3, -0.25) is 10.1 Å². The summed E-state index contributed by atoms with van der Waals surface area (Å²) >= 11 is 0. The highest BCUT2D eigenvalue weighted by Crippen LogP contribution is 2.20. The van der Waals surface area contributed by atoms with Gasteiger partial charge < -0.3 is 9.04 Å². The predicted molar refractivity (Wildman–Crippen MR) is 172 cm³/mol. The summed E-state index contributed by atoms with van der Waals surface area (Å²) in [5.74, 6) is 0. The van der Waals surface area contributed by atoms with Crippen LogP contribution in [-0.4, -0.2) is 43.0 Å². The van der Waals surface area contributed by atoms with Crippen LogP contribution in [0.25, 0.3) is 0 Å². The van der Waals surface area contributed by atoms with E-state index in [1.165, 1.54) is 122 Å². The molecule has 0 unspecified atom stereocenters. The Labute approximate surface area is 256 Å². The Morgan fingerprint density at radius 1 is 0.714 bits per heavy atom. The molecule has 0 atom stereocenters. The van der Waals surface area contributed by atoms with Gasteiger partial charge in [0, 0.05) is 17.7 Å². The third-order valence-electron chi connectivity index (χ3n) is 7.71. The van der Waals surface area contributed by atoms with Crippen LogP contribution in [0.1, 0.15) is 121 Å². The summed E-state index contributed by atoms with van der Waals surface area (Å²) in [5.41, 5.74) is 1.30. The van der Waals surface area contributed by atoms with Crippen LogP contribution < -0.4 is 0 Å². The lowest BCUT2D eigenvalue weighted by molar-refractivity contribution is -0.903. The number of unbranched alkanes of at least 4 members (excludes halogenated alkanes) is 15. The number of hydrogen-bond acceptors (Lipinski definition) is 5. The monoisotopic (exact) mass is 604 g/mol. The molecule has 238 valence electrons. The Balaban J connectivity index is 0.000000525. The van der Waals surface area contributed by atoms with Gasteiger partial charge in [0.2, 0.25) is 0 Å². The number of hydrogen-bond donors (Lipinski definition) is 0. The summed E-state index contributed by atoms with van der Waals surface area (Å²) in [7, 11) is 0.198. The fraction of sp³-hybridized carbons (Fsp3) is 0.647. The molecule has 0 heterocycles. The van der Waals surface area contributed by atoms with E-state index in [1.54, 1.807) is 0 Å². The van der Waals surface area contributed by atoms with Crippen LogP contribution in [0.4, 0.5) is 5.69 Å². The van der Waals surface area contributed by atoms with Crippen molar-refractivity contribution in [2.45, 2.75) is 128 Å². The predicted octanol–water partition coefficient (Wildman–Crippen LogP) is 9.33. The lowest BCUT2D eigenvalue weighted by Gasteiger charge is -2.30. The number of nitro benzene ring substituents is 1. The van der Waals surface area contributed by atoms with Gasteiger partial charge in [0.15, 0.2) is 0 Å². The molecule has 42 heavy (non-hydrogen) atoms. The second kappa shape index (κ2) is 21.4. The fourth-order valence-corrected chi connectivity index (χ4v) is 5.96. The SMILES string of the molecule is CCCCCCCCCCCCCCCCCC[N+](C)(C)Cc1ccccc1.Cc1cc([N+](=O)[O-])ccc1S(=O)(=O)[O-]. The molecule has 7 nitrogen and oxygen atoms in total. The van der Waals surface area contributed by atoms with Crippen molar-refractivity contribution in [2.75, 3.05) is 20.6 Å². The first kappa shape index (κ1) is 37.7. The maximum atomic E-state index is 10.6. The van der Waals surface area contributed by atoms with Gasteiger partial charge in [0.1, 0.15) is 16.7 Å². The number of nitrogens with zero attached hydrogens (tertiary/aromatic N) is 2.